The van der Waals surface area contributed by atoms with Crippen molar-refractivity contribution >= 4 is 0 Å². The van der Waals surface area contributed by atoms with E-state index in [0.717, 1.165) is 11.1 Å². The molecule has 0 fully saturated rings. The number of hydrogen-bond donors (Lipinski definition) is 2. The van der Waals surface area contributed by atoms with Crippen molar-refractivity contribution in [3.05, 3.63) is 83.4 Å². The maximum Gasteiger partial charge on any atom is 0.165 e. The molecule has 0 heterocycles. The van der Waals surface area contributed by atoms with Gasteiger partial charge in [-0.2, -0.15) is 0 Å². The van der Waals surface area contributed by atoms with Gasteiger partial charge in [-0.15, -0.1) is 0 Å². The SMILES string of the molecule is COc1cc(-c2c(OC)cc(-c3ccc(O)cc3)c(OC)c2CO)c(OC)cc1OCc1ccc(C)cc1. The molecule has 4 aromatic rings. The van der Waals surface area contributed by atoms with Gasteiger partial charge in [-0.05, 0) is 42.3 Å². The minimum Gasteiger partial charge on any atom is -0.508 e. The van der Waals surface area contributed by atoms with Gasteiger partial charge < -0.3 is 33.9 Å². The predicted octanol–water partition coefficient (Wildman–Crippen LogP) is 6.14. The first-order valence-corrected chi connectivity index (χ1v) is 12.1. The average molecular weight is 517 g/mol. The number of ether oxygens (including phenoxy) is 5. The summed E-state index contributed by atoms with van der Waals surface area (Å²) in [4.78, 5) is 0. The fraction of sp³-hybridized carbons (Fsp3) is 0.226. The second-order valence-corrected chi connectivity index (χ2v) is 8.70. The number of methoxy groups -OCH3 is 4. The Bertz CT molecular complexity index is 1390. The fourth-order valence-corrected chi connectivity index (χ4v) is 4.41. The van der Waals surface area contributed by atoms with Crippen LogP contribution in [0.5, 0.6) is 34.5 Å². The maximum atomic E-state index is 10.5. The third-order valence-corrected chi connectivity index (χ3v) is 6.37. The lowest BCUT2D eigenvalue weighted by Gasteiger charge is -2.22. The predicted molar refractivity (Wildman–Crippen MR) is 147 cm³/mol. The van der Waals surface area contributed by atoms with Crippen molar-refractivity contribution < 1.29 is 33.9 Å². The van der Waals surface area contributed by atoms with Crippen molar-refractivity contribution in [3.8, 4) is 56.8 Å². The maximum absolute atomic E-state index is 10.5. The summed E-state index contributed by atoms with van der Waals surface area (Å²) in [5.74, 6) is 2.67. The van der Waals surface area contributed by atoms with Crippen LogP contribution in [0, 0.1) is 6.92 Å². The smallest absolute Gasteiger partial charge is 0.165 e. The van der Waals surface area contributed by atoms with Crippen LogP contribution in [0.3, 0.4) is 0 Å². The number of aliphatic hydroxyl groups excluding tert-OH is 1. The first-order chi connectivity index (χ1) is 18.4. The van der Waals surface area contributed by atoms with Gasteiger partial charge in [0.2, 0.25) is 0 Å². The van der Waals surface area contributed by atoms with Crippen LogP contribution >= 0.6 is 0 Å². The van der Waals surface area contributed by atoms with Crippen LogP contribution in [0.4, 0.5) is 0 Å². The lowest BCUT2D eigenvalue weighted by atomic mass is 9.91. The summed E-state index contributed by atoms with van der Waals surface area (Å²) in [5, 5.41) is 20.3. The molecule has 7 nitrogen and oxygen atoms in total. The summed E-state index contributed by atoms with van der Waals surface area (Å²) in [7, 11) is 6.26. The molecule has 198 valence electrons. The van der Waals surface area contributed by atoms with Crippen molar-refractivity contribution in [1.82, 2.24) is 0 Å². The quantitative estimate of drug-likeness (QED) is 0.262. The van der Waals surface area contributed by atoms with Crippen LogP contribution in [-0.4, -0.2) is 38.7 Å². The minimum absolute atomic E-state index is 0.153. The van der Waals surface area contributed by atoms with Crippen LogP contribution in [-0.2, 0) is 13.2 Å². The van der Waals surface area contributed by atoms with E-state index >= 15 is 0 Å². The van der Waals surface area contributed by atoms with E-state index in [9.17, 15) is 10.2 Å². The Labute approximate surface area is 222 Å². The van der Waals surface area contributed by atoms with E-state index in [1.165, 1.54) is 5.56 Å². The van der Waals surface area contributed by atoms with Crippen molar-refractivity contribution in [2.24, 2.45) is 0 Å². The summed E-state index contributed by atoms with van der Waals surface area (Å²) < 4.78 is 29.1. The number of phenols is 1. The molecule has 0 aliphatic heterocycles. The first kappa shape index (κ1) is 26.7. The molecule has 0 amide bonds. The zero-order valence-electron chi connectivity index (χ0n) is 22.2. The minimum atomic E-state index is -0.321. The molecule has 0 saturated carbocycles. The van der Waals surface area contributed by atoms with E-state index < -0.39 is 0 Å². The number of rotatable bonds is 10. The van der Waals surface area contributed by atoms with Crippen LogP contribution in [0.25, 0.3) is 22.3 Å². The average Bonchev–Trinajstić information content (AvgIpc) is 2.95. The number of aryl methyl sites for hydroxylation is 1. The fourth-order valence-electron chi connectivity index (χ4n) is 4.41. The second-order valence-electron chi connectivity index (χ2n) is 8.70. The molecule has 0 atom stereocenters. The molecule has 0 aliphatic rings. The van der Waals surface area contributed by atoms with Crippen molar-refractivity contribution in [2.45, 2.75) is 20.1 Å². The standard InChI is InChI=1S/C31H32O7/c1-19-6-8-20(9-7-19)18-38-28-16-26(34-2)24(15-27(28)35-3)30-25(17-32)31(37-5)23(14-29(30)36-4)21-10-12-22(33)13-11-21/h6-16,32-33H,17-18H2,1-5H3. The summed E-state index contributed by atoms with van der Waals surface area (Å²) in [6.07, 6.45) is 0. The van der Waals surface area contributed by atoms with Gasteiger partial charge in [0.1, 0.15) is 29.6 Å². The molecule has 0 radical (unpaired) electrons. The molecule has 0 bridgehead atoms. The van der Waals surface area contributed by atoms with Crippen LogP contribution in [0.2, 0.25) is 0 Å². The van der Waals surface area contributed by atoms with Gasteiger partial charge in [-0.1, -0.05) is 42.0 Å². The normalized spacial score (nSPS) is 10.7. The van der Waals surface area contributed by atoms with Gasteiger partial charge in [-0.25, -0.2) is 0 Å². The lowest BCUT2D eigenvalue weighted by Crippen LogP contribution is -2.04. The largest absolute Gasteiger partial charge is 0.508 e. The Morgan fingerprint density at radius 2 is 1.29 bits per heavy atom. The Morgan fingerprint density at radius 3 is 1.87 bits per heavy atom. The molecule has 2 N–H and O–H groups in total. The van der Waals surface area contributed by atoms with Gasteiger partial charge in [0.15, 0.2) is 11.5 Å². The third-order valence-electron chi connectivity index (χ3n) is 6.37. The first-order valence-electron chi connectivity index (χ1n) is 12.1. The van der Waals surface area contributed by atoms with E-state index in [1.807, 2.05) is 37.3 Å². The van der Waals surface area contributed by atoms with E-state index in [2.05, 4.69) is 0 Å². The highest BCUT2D eigenvalue weighted by Gasteiger charge is 2.25. The van der Waals surface area contributed by atoms with Gasteiger partial charge in [0.25, 0.3) is 0 Å². The summed E-state index contributed by atoms with van der Waals surface area (Å²) in [6.45, 7) is 2.08. The van der Waals surface area contributed by atoms with Crippen molar-refractivity contribution in [2.75, 3.05) is 28.4 Å². The molecule has 4 rings (SSSR count). The molecular formula is C31H32O7. The highest BCUT2D eigenvalue weighted by Crippen LogP contribution is 2.50. The molecule has 4 aromatic carbocycles. The summed E-state index contributed by atoms with van der Waals surface area (Å²) >= 11 is 0. The number of aromatic hydroxyl groups is 1. The highest BCUT2D eigenvalue weighted by atomic mass is 16.5. The molecule has 0 aliphatic carbocycles. The molecular weight excluding hydrogens is 484 g/mol. The van der Waals surface area contributed by atoms with Gasteiger partial charge in [0, 0.05) is 28.3 Å². The van der Waals surface area contributed by atoms with Crippen LogP contribution in [0.1, 0.15) is 16.7 Å². The summed E-state index contributed by atoms with van der Waals surface area (Å²) in [5.41, 5.74) is 5.48. The molecule has 0 aromatic heterocycles. The molecule has 0 spiro atoms. The molecule has 38 heavy (non-hydrogen) atoms. The van der Waals surface area contributed by atoms with E-state index in [0.29, 0.717) is 57.6 Å². The Morgan fingerprint density at radius 1 is 0.658 bits per heavy atom. The second kappa shape index (κ2) is 11.8. The summed E-state index contributed by atoms with van der Waals surface area (Å²) in [6, 6.07) is 20.3. The Balaban J connectivity index is 1.85. The zero-order chi connectivity index (χ0) is 27.2. The number of hydrogen-bond acceptors (Lipinski definition) is 7. The third kappa shape index (κ3) is 5.33. The van der Waals surface area contributed by atoms with Crippen molar-refractivity contribution in [3.63, 3.8) is 0 Å². The number of phenolic OH excluding ortho intramolecular Hbond substituents is 1. The number of benzene rings is 4. The zero-order valence-corrected chi connectivity index (χ0v) is 22.2. The molecule has 0 saturated heterocycles. The topological polar surface area (TPSA) is 86.6 Å². The Kier molecular flexibility index (Phi) is 8.28. The van der Waals surface area contributed by atoms with Gasteiger partial charge in [0.05, 0.1) is 35.0 Å². The van der Waals surface area contributed by atoms with E-state index in [4.69, 9.17) is 23.7 Å². The van der Waals surface area contributed by atoms with Crippen molar-refractivity contribution in [1.29, 1.82) is 0 Å². The van der Waals surface area contributed by atoms with Crippen LogP contribution < -0.4 is 23.7 Å². The van der Waals surface area contributed by atoms with E-state index in [-0.39, 0.29) is 12.4 Å². The monoisotopic (exact) mass is 516 g/mol. The molecule has 7 heteroatoms. The molecule has 0 unspecified atom stereocenters. The van der Waals surface area contributed by atoms with Crippen LogP contribution in [0.15, 0.2) is 66.7 Å². The van der Waals surface area contributed by atoms with Gasteiger partial charge >= 0.3 is 0 Å². The highest BCUT2D eigenvalue weighted by molar-refractivity contribution is 5.88. The van der Waals surface area contributed by atoms with E-state index in [1.54, 1.807) is 64.8 Å². The Hall–Kier alpha value is -4.36. The van der Waals surface area contributed by atoms with Gasteiger partial charge in [-0.3, -0.25) is 0 Å². The number of aliphatic hydroxyl groups is 1. The lowest BCUT2D eigenvalue weighted by molar-refractivity contribution is 0.273.